The molecule has 1 aromatic heterocycles. The van der Waals surface area contributed by atoms with E-state index in [1.165, 1.54) is 10.6 Å². The molecule has 3 atom stereocenters. The molecular formula is C21H24N4O3. The van der Waals surface area contributed by atoms with Gasteiger partial charge in [-0.25, -0.2) is 0 Å². The predicted molar refractivity (Wildman–Crippen MR) is 105 cm³/mol. The van der Waals surface area contributed by atoms with Gasteiger partial charge < -0.3 is 16.4 Å². The van der Waals surface area contributed by atoms with Crippen molar-refractivity contribution in [2.75, 3.05) is 0 Å². The minimum atomic E-state index is -0.235. The summed E-state index contributed by atoms with van der Waals surface area (Å²) in [5.41, 5.74) is 7.21. The average molecular weight is 380 g/mol. The molecular weight excluding hydrogens is 356 g/mol. The van der Waals surface area contributed by atoms with E-state index in [1.54, 1.807) is 42.6 Å². The number of nitrogens with one attached hydrogen (secondary N) is 2. The van der Waals surface area contributed by atoms with Gasteiger partial charge in [-0.3, -0.25) is 19.0 Å². The Morgan fingerprint density at radius 2 is 1.75 bits per heavy atom. The zero-order valence-electron chi connectivity index (χ0n) is 15.5. The Morgan fingerprint density at radius 1 is 1.00 bits per heavy atom. The van der Waals surface area contributed by atoms with Crippen molar-refractivity contribution in [2.45, 2.75) is 43.8 Å². The number of amides is 2. The molecule has 2 amide bonds. The Kier molecular flexibility index (Phi) is 5.00. The molecule has 4 rings (SSSR count). The van der Waals surface area contributed by atoms with Crippen LogP contribution < -0.4 is 21.9 Å². The van der Waals surface area contributed by atoms with Gasteiger partial charge in [-0.05, 0) is 56.0 Å². The maximum atomic E-state index is 12.6. The highest BCUT2D eigenvalue weighted by Crippen LogP contribution is 2.27. The normalized spacial score (nSPS) is 24.0. The summed E-state index contributed by atoms with van der Waals surface area (Å²) in [6.07, 6.45) is 4.93. The summed E-state index contributed by atoms with van der Waals surface area (Å²) in [5, 5.41) is 5.97. The number of pyridine rings is 1. The van der Waals surface area contributed by atoms with E-state index in [0.29, 0.717) is 30.1 Å². The number of benzene rings is 1. The van der Waals surface area contributed by atoms with Gasteiger partial charge in [-0.1, -0.05) is 6.07 Å². The van der Waals surface area contributed by atoms with Crippen LogP contribution in [-0.4, -0.2) is 34.5 Å². The molecule has 0 bridgehead atoms. The van der Waals surface area contributed by atoms with Crippen molar-refractivity contribution in [1.82, 2.24) is 15.2 Å². The van der Waals surface area contributed by atoms with Crippen LogP contribution in [0.1, 0.15) is 36.0 Å². The van der Waals surface area contributed by atoms with Gasteiger partial charge in [0.1, 0.15) is 0 Å². The SMILES string of the molecule is NC1CC(C(=O)NC2CC2)CC1NC(=O)c1ccc(-n2ccccc2=O)cc1. The Hall–Kier alpha value is -2.93. The summed E-state index contributed by atoms with van der Waals surface area (Å²) in [6, 6.07) is 11.6. The van der Waals surface area contributed by atoms with Gasteiger partial charge in [0.25, 0.3) is 11.5 Å². The fraction of sp³-hybridized carbons (Fsp3) is 0.381. The molecule has 4 N–H and O–H groups in total. The molecule has 2 aliphatic carbocycles. The summed E-state index contributed by atoms with van der Waals surface area (Å²) in [6.45, 7) is 0. The first-order chi connectivity index (χ1) is 13.5. The van der Waals surface area contributed by atoms with Crippen LogP contribution in [0.5, 0.6) is 0 Å². The highest BCUT2D eigenvalue weighted by molar-refractivity contribution is 5.94. The van der Waals surface area contributed by atoms with Crippen molar-refractivity contribution >= 4 is 11.8 Å². The van der Waals surface area contributed by atoms with E-state index in [1.807, 2.05) is 0 Å². The molecule has 0 aliphatic heterocycles. The number of rotatable bonds is 5. The largest absolute Gasteiger partial charge is 0.353 e. The average Bonchev–Trinajstić information content (AvgIpc) is 3.43. The molecule has 2 saturated carbocycles. The molecule has 2 aromatic rings. The zero-order chi connectivity index (χ0) is 19.7. The molecule has 1 aromatic carbocycles. The molecule has 0 spiro atoms. The van der Waals surface area contributed by atoms with E-state index in [9.17, 15) is 14.4 Å². The fourth-order valence-corrected chi connectivity index (χ4v) is 3.66. The number of carbonyl (C=O) groups is 2. The second-order valence-corrected chi connectivity index (χ2v) is 7.65. The van der Waals surface area contributed by atoms with Gasteiger partial charge in [0.2, 0.25) is 5.91 Å². The van der Waals surface area contributed by atoms with E-state index < -0.39 is 0 Å². The van der Waals surface area contributed by atoms with Crippen LogP contribution >= 0.6 is 0 Å². The Morgan fingerprint density at radius 3 is 2.43 bits per heavy atom. The molecule has 0 saturated heterocycles. The molecule has 3 unspecified atom stereocenters. The van der Waals surface area contributed by atoms with Crippen LogP contribution in [-0.2, 0) is 4.79 Å². The lowest BCUT2D eigenvalue weighted by Gasteiger charge is -2.17. The van der Waals surface area contributed by atoms with Gasteiger partial charge in [0.15, 0.2) is 0 Å². The third kappa shape index (κ3) is 3.99. The van der Waals surface area contributed by atoms with E-state index in [4.69, 9.17) is 5.73 Å². The first-order valence-corrected chi connectivity index (χ1v) is 9.66. The zero-order valence-corrected chi connectivity index (χ0v) is 15.5. The number of aromatic nitrogens is 1. The summed E-state index contributed by atoms with van der Waals surface area (Å²) >= 11 is 0. The molecule has 146 valence electrons. The standard InChI is InChI=1S/C21H24N4O3/c22-17-11-14(21(28)23-15-6-7-15)12-18(17)24-20(27)13-4-8-16(9-5-13)25-10-2-1-3-19(25)26/h1-5,8-10,14-15,17-18H,6-7,11-12,22H2,(H,23,28)(H,24,27). The minimum Gasteiger partial charge on any atom is -0.353 e. The van der Waals surface area contributed by atoms with Crippen molar-refractivity contribution in [3.63, 3.8) is 0 Å². The van der Waals surface area contributed by atoms with Crippen molar-refractivity contribution in [3.05, 3.63) is 64.6 Å². The van der Waals surface area contributed by atoms with Crippen molar-refractivity contribution in [2.24, 2.45) is 11.7 Å². The third-order valence-electron chi connectivity index (χ3n) is 5.45. The minimum absolute atomic E-state index is 0.0485. The second kappa shape index (κ2) is 7.59. The maximum Gasteiger partial charge on any atom is 0.255 e. The number of nitrogens with two attached hydrogens (primary N) is 1. The maximum absolute atomic E-state index is 12.6. The van der Waals surface area contributed by atoms with E-state index in [2.05, 4.69) is 10.6 Å². The molecule has 28 heavy (non-hydrogen) atoms. The van der Waals surface area contributed by atoms with E-state index >= 15 is 0 Å². The quantitative estimate of drug-likeness (QED) is 0.718. The van der Waals surface area contributed by atoms with E-state index in [-0.39, 0.29) is 35.4 Å². The van der Waals surface area contributed by atoms with Crippen LogP contribution in [0.4, 0.5) is 0 Å². The van der Waals surface area contributed by atoms with Crippen LogP contribution in [0.3, 0.4) is 0 Å². The highest BCUT2D eigenvalue weighted by atomic mass is 16.2. The van der Waals surface area contributed by atoms with Gasteiger partial charge in [-0.2, -0.15) is 0 Å². The molecule has 1 heterocycles. The number of hydrogen-bond acceptors (Lipinski definition) is 4. The predicted octanol–water partition coefficient (Wildman–Crippen LogP) is 0.952. The van der Waals surface area contributed by atoms with Crippen LogP contribution in [0.25, 0.3) is 5.69 Å². The molecule has 0 radical (unpaired) electrons. The Balaban J connectivity index is 1.39. The lowest BCUT2D eigenvalue weighted by molar-refractivity contribution is -0.125. The second-order valence-electron chi connectivity index (χ2n) is 7.65. The van der Waals surface area contributed by atoms with Gasteiger partial charge in [-0.15, -0.1) is 0 Å². The number of carbonyl (C=O) groups excluding carboxylic acids is 2. The topological polar surface area (TPSA) is 106 Å². The first kappa shape index (κ1) is 18.4. The summed E-state index contributed by atoms with van der Waals surface area (Å²) in [5.74, 6) is -0.323. The molecule has 2 fully saturated rings. The summed E-state index contributed by atoms with van der Waals surface area (Å²) < 4.78 is 1.51. The van der Waals surface area contributed by atoms with Crippen molar-refractivity contribution in [3.8, 4) is 5.69 Å². The lowest BCUT2D eigenvalue weighted by Crippen LogP contribution is -2.44. The van der Waals surface area contributed by atoms with Gasteiger partial charge >= 0.3 is 0 Å². The first-order valence-electron chi connectivity index (χ1n) is 9.66. The molecule has 7 nitrogen and oxygen atoms in total. The monoisotopic (exact) mass is 380 g/mol. The molecule has 2 aliphatic rings. The number of hydrogen-bond donors (Lipinski definition) is 3. The van der Waals surface area contributed by atoms with Crippen molar-refractivity contribution < 1.29 is 9.59 Å². The number of nitrogens with zero attached hydrogens (tertiary/aromatic N) is 1. The van der Waals surface area contributed by atoms with Crippen LogP contribution in [0.15, 0.2) is 53.5 Å². The summed E-state index contributed by atoms with van der Waals surface area (Å²) in [7, 11) is 0. The van der Waals surface area contributed by atoms with Crippen molar-refractivity contribution in [1.29, 1.82) is 0 Å². The third-order valence-corrected chi connectivity index (χ3v) is 5.45. The van der Waals surface area contributed by atoms with Crippen LogP contribution in [0.2, 0.25) is 0 Å². The molecule has 7 heteroatoms. The highest BCUT2D eigenvalue weighted by Gasteiger charge is 2.38. The fourth-order valence-electron chi connectivity index (χ4n) is 3.66. The Bertz CT molecular complexity index is 933. The van der Waals surface area contributed by atoms with Gasteiger partial charge in [0, 0.05) is 47.6 Å². The summed E-state index contributed by atoms with van der Waals surface area (Å²) in [4.78, 5) is 36.7. The smallest absolute Gasteiger partial charge is 0.255 e. The van der Waals surface area contributed by atoms with E-state index in [0.717, 1.165) is 12.8 Å². The Labute approximate surface area is 162 Å². The lowest BCUT2D eigenvalue weighted by atomic mass is 10.1. The van der Waals surface area contributed by atoms with Crippen LogP contribution in [0, 0.1) is 5.92 Å². The van der Waals surface area contributed by atoms with Gasteiger partial charge in [0.05, 0.1) is 0 Å².